The van der Waals surface area contributed by atoms with Crippen LogP contribution in [0, 0.1) is 6.92 Å². The molecule has 0 amide bonds. The molecule has 89 heavy (non-hydrogen) atoms. The maximum atomic E-state index is 11.2. The fourth-order valence-electron chi connectivity index (χ4n) is 16.8. The predicted molar refractivity (Wildman–Crippen MR) is 359 cm³/mol. The molecule has 0 atom stereocenters. The third-order valence-corrected chi connectivity index (χ3v) is 21.4. The number of para-hydroxylation sites is 2. The van der Waals surface area contributed by atoms with Crippen molar-refractivity contribution < 1.29 is 28.6 Å². The van der Waals surface area contributed by atoms with E-state index in [0.717, 1.165) is 89.1 Å². The molecule has 14 rings (SSSR count). The Morgan fingerprint density at radius 1 is 0.472 bits per heavy atom. The van der Waals surface area contributed by atoms with Gasteiger partial charge in [-0.2, -0.15) is 9.59 Å². The smallest absolute Gasteiger partial charge is 0.373 e. The summed E-state index contributed by atoms with van der Waals surface area (Å²) in [5, 5.41) is 2.78. The van der Waals surface area contributed by atoms with E-state index in [1.807, 2.05) is 6.07 Å². The van der Waals surface area contributed by atoms with Gasteiger partial charge in [-0.15, -0.1) is 0 Å². The Morgan fingerprint density at radius 2 is 0.843 bits per heavy atom. The van der Waals surface area contributed by atoms with Crippen molar-refractivity contribution in [2.75, 3.05) is 128 Å². The molecule has 8 aliphatic rings. The summed E-state index contributed by atoms with van der Waals surface area (Å²) in [4.78, 5) is 43.5. The van der Waals surface area contributed by atoms with E-state index in [0.29, 0.717) is 30.7 Å². The van der Waals surface area contributed by atoms with Gasteiger partial charge in [-0.3, -0.25) is 4.79 Å². The van der Waals surface area contributed by atoms with Crippen molar-refractivity contribution in [3.63, 3.8) is 0 Å². The lowest BCUT2D eigenvalue weighted by Crippen LogP contribution is -2.42. The van der Waals surface area contributed by atoms with Gasteiger partial charge < -0.3 is 52.7 Å². The largest absolute Gasteiger partial charge is 0.489 e. The van der Waals surface area contributed by atoms with Gasteiger partial charge in [0.25, 0.3) is 6.47 Å². The van der Waals surface area contributed by atoms with Gasteiger partial charge in [0, 0.05) is 85.8 Å². The van der Waals surface area contributed by atoms with Crippen LogP contribution in [0.4, 0.5) is 11.4 Å². The number of aryl methyl sites for hydroxylation is 1. The van der Waals surface area contributed by atoms with Gasteiger partial charge in [0.1, 0.15) is 19.0 Å². The molecule has 6 aliphatic heterocycles. The Balaban J connectivity index is 0.000000166. The maximum Gasteiger partial charge on any atom is 0.373 e. The molecule has 2 aliphatic carbocycles. The second kappa shape index (κ2) is 31.2. The number of ether oxygens (including phenoxy) is 3. The van der Waals surface area contributed by atoms with Crippen LogP contribution in [0.5, 0.6) is 17.2 Å². The van der Waals surface area contributed by atoms with Crippen LogP contribution in [0.25, 0.3) is 44.3 Å². The highest BCUT2D eigenvalue weighted by Gasteiger charge is 2.34. The molecular formula is C75H102N8O6. The molecular weight excluding hydrogens is 1110 g/mol. The van der Waals surface area contributed by atoms with Crippen LogP contribution in [0.15, 0.2) is 72.8 Å². The summed E-state index contributed by atoms with van der Waals surface area (Å²) in [6.07, 6.45) is 29.6. The fraction of sp³-hybridized carbons (Fsp3) is 0.600. The van der Waals surface area contributed by atoms with Crippen molar-refractivity contribution in [3.8, 4) is 39.8 Å². The summed E-state index contributed by atoms with van der Waals surface area (Å²) in [7, 11) is 0. The Kier molecular flexibility index (Phi) is 22.1. The quantitative estimate of drug-likeness (QED) is 0.0765. The van der Waals surface area contributed by atoms with Crippen LogP contribution < -0.4 is 24.0 Å². The summed E-state index contributed by atoms with van der Waals surface area (Å²) < 4.78 is 24.0. The molecule has 14 nitrogen and oxygen atoms in total. The van der Waals surface area contributed by atoms with E-state index in [1.54, 1.807) is 5.56 Å². The summed E-state index contributed by atoms with van der Waals surface area (Å²) in [6.45, 7) is 24.5. The molecule has 478 valence electrons. The zero-order chi connectivity index (χ0) is 60.7. The minimum absolute atomic E-state index is 0.250. The number of carbonyl (C=O) groups excluding carboxylic acids is 3. The van der Waals surface area contributed by atoms with Gasteiger partial charge in [-0.05, 0) is 207 Å². The van der Waals surface area contributed by atoms with Crippen LogP contribution in [-0.2, 0) is 27.5 Å². The maximum absolute atomic E-state index is 11.2. The third kappa shape index (κ3) is 14.9. The number of piperidine rings is 4. The number of aromatic nitrogens is 2. The molecule has 14 heteroatoms. The first-order valence-electron chi connectivity index (χ1n) is 35.3. The van der Waals surface area contributed by atoms with E-state index in [-0.39, 0.29) is 6.15 Å². The fourth-order valence-corrected chi connectivity index (χ4v) is 16.8. The van der Waals surface area contributed by atoms with Gasteiger partial charge in [0.15, 0.2) is 11.5 Å². The summed E-state index contributed by atoms with van der Waals surface area (Å²) >= 11 is 0. The van der Waals surface area contributed by atoms with Crippen LogP contribution in [0.2, 0.25) is 0 Å². The topological polar surface area (TPSA) is 108 Å². The van der Waals surface area contributed by atoms with Crippen molar-refractivity contribution in [1.29, 1.82) is 0 Å². The average molecular weight is 1210 g/mol. The molecule has 0 bridgehead atoms. The van der Waals surface area contributed by atoms with Crippen molar-refractivity contribution >= 4 is 45.8 Å². The molecule has 0 spiro atoms. The zero-order valence-corrected chi connectivity index (χ0v) is 53.9. The highest BCUT2D eigenvalue weighted by atomic mass is 16.5. The molecule has 0 radical (unpaired) electrons. The van der Waals surface area contributed by atoms with Gasteiger partial charge >= 0.3 is 6.15 Å². The normalized spacial score (nSPS) is 19.7. The van der Waals surface area contributed by atoms with E-state index in [4.69, 9.17) is 23.8 Å². The predicted octanol–water partition coefficient (Wildman–Crippen LogP) is 14.3. The number of nitrogens with zero attached hydrogens (tertiary/aromatic N) is 8. The van der Waals surface area contributed by atoms with Gasteiger partial charge in [0.05, 0.1) is 41.4 Å². The molecule has 4 saturated heterocycles. The Bertz CT molecular complexity index is 3250. The number of anilines is 2. The second-order valence-electron chi connectivity index (χ2n) is 27.1. The first kappa shape index (κ1) is 63.0. The number of hydrogen-bond acceptors (Lipinski definition) is 12. The Labute approximate surface area is 530 Å². The lowest BCUT2D eigenvalue weighted by Gasteiger charge is -2.34. The standard InChI is InChI=1S/C37H50N4O3.C37H52N4O.CO2/c42-28-44-30-15-16-31-34(27-30)41-25-26-43-37-32(36(41)35(31)29-11-4-1-5-12-29)13-10-14-33(37)40(23-21-38-17-6-2-7-18-38)24-22-39-19-8-3-9-20-39;1-29-16-17-31-34(28-29)41-26-27-42-37-32(36(41)35(31)30-12-5-2-6-13-30)14-11-15-33(37)40(24-22-38-18-7-3-8-19-38)25-23-39-20-9-4-10-21-39;2-1-3/h10,13-16,27-29H,1-9,11-12,17-26H2;11,14-17,28,30H,2-10,12-13,18-27H2,1H3;. The Morgan fingerprint density at radius 3 is 1.24 bits per heavy atom. The van der Waals surface area contributed by atoms with Gasteiger partial charge in [-0.25, -0.2) is 0 Å². The van der Waals surface area contributed by atoms with Crippen molar-refractivity contribution in [2.24, 2.45) is 0 Å². The Hall–Kier alpha value is -6.15. The highest BCUT2D eigenvalue weighted by Crippen LogP contribution is 2.52. The van der Waals surface area contributed by atoms with Crippen molar-refractivity contribution in [1.82, 2.24) is 28.7 Å². The van der Waals surface area contributed by atoms with Gasteiger partial charge in [0.2, 0.25) is 0 Å². The van der Waals surface area contributed by atoms with Crippen LogP contribution in [-0.4, -0.2) is 159 Å². The van der Waals surface area contributed by atoms with Crippen molar-refractivity contribution in [2.45, 2.75) is 173 Å². The number of hydrogen-bond donors (Lipinski definition) is 0. The molecule has 6 fully saturated rings. The SMILES string of the molecule is Cc1ccc2c(C3CCCCC3)c3n(c2c1)CCOc1c-3cccc1N(CCN1CCCCC1)CCN1CCCCC1.O=C=O.O=COc1ccc2c(C3CCCCC3)c3n(c2c1)CCOc1c-3cccc1N(CCN1CCCCC1)CCN1CCCCC1. The molecule has 6 aromatic rings. The minimum atomic E-state index is 0.250. The molecule has 0 N–H and O–H groups in total. The molecule has 0 unspecified atom stereocenters. The number of likely N-dealkylation sites (tertiary alicyclic amines) is 4. The van der Waals surface area contributed by atoms with Crippen molar-refractivity contribution in [3.05, 3.63) is 89.5 Å². The zero-order valence-electron chi connectivity index (χ0n) is 53.9. The summed E-state index contributed by atoms with van der Waals surface area (Å²) in [6, 6.07) is 27.2. The summed E-state index contributed by atoms with van der Waals surface area (Å²) in [5.74, 6) is 3.95. The number of benzene rings is 4. The first-order chi connectivity index (χ1) is 44.0. The van der Waals surface area contributed by atoms with E-state index >= 15 is 0 Å². The monoisotopic (exact) mass is 1210 g/mol. The van der Waals surface area contributed by atoms with E-state index in [1.165, 1.54) is 255 Å². The lowest BCUT2D eigenvalue weighted by atomic mass is 9.81. The number of fused-ring (bicyclic) bond motifs is 10. The molecule has 2 aromatic heterocycles. The minimum Gasteiger partial charge on any atom is -0.489 e. The van der Waals surface area contributed by atoms with Crippen LogP contribution >= 0.6 is 0 Å². The lowest BCUT2D eigenvalue weighted by molar-refractivity contribution is -0.191. The van der Waals surface area contributed by atoms with E-state index in [2.05, 4.69) is 112 Å². The van der Waals surface area contributed by atoms with Crippen LogP contribution in [0.3, 0.4) is 0 Å². The highest BCUT2D eigenvalue weighted by molar-refractivity contribution is 5.97. The van der Waals surface area contributed by atoms with E-state index < -0.39 is 0 Å². The molecule has 2 saturated carbocycles. The van der Waals surface area contributed by atoms with Gasteiger partial charge in [-0.1, -0.05) is 88.5 Å². The number of carbonyl (C=O) groups is 1. The molecule has 8 heterocycles. The third-order valence-electron chi connectivity index (χ3n) is 21.4. The second-order valence-corrected chi connectivity index (χ2v) is 27.1. The number of rotatable bonds is 18. The van der Waals surface area contributed by atoms with Crippen LogP contribution in [0.1, 0.15) is 170 Å². The average Bonchev–Trinajstić information content (AvgIpc) is 1.76. The first-order valence-corrected chi connectivity index (χ1v) is 35.3. The van der Waals surface area contributed by atoms with E-state index in [9.17, 15) is 4.79 Å². The summed E-state index contributed by atoms with van der Waals surface area (Å²) in [5.41, 5.74) is 14.8. The molecule has 4 aromatic carbocycles.